The molecular weight excluding hydrogens is 369 g/mol. The van der Waals surface area contributed by atoms with E-state index in [9.17, 15) is 9.18 Å². The van der Waals surface area contributed by atoms with Crippen LogP contribution in [-0.2, 0) is 6.42 Å². The third-order valence-electron chi connectivity index (χ3n) is 5.67. The van der Waals surface area contributed by atoms with E-state index in [-0.39, 0.29) is 11.7 Å². The fraction of sp³-hybridized carbons (Fsp3) is 0.348. The van der Waals surface area contributed by atoms with Crippen LogP contribution in [0.25, 0.3) is 10.9 Å². The number of carbonyl (C=O) groups is 1. The minimum absolute atomic E-state index is 0.0618. The fourth-order valence-corrected chi connectivity index (χ4v) is 4.02. The molecule has 5 nitrogen and oxygen atoms in total. The molecule has 4 rings (SSSR count). The molecule has 0 aliphatic carbocycles. The second-order valence-electron chi connectivity index (χ2n) is 7.55. The lowest BCUT2D eigenvalue weighted by Crippen LogP contribution is -2.49. The number of hydrogen-bond acceptors (Lipinski definition) is 3. The number of nitrogens with one attached hydrogen (secondary N) is 1. The topological polar surface area (TPSA) is 48.6 Å². The van der Waals surface area contributed by atoms with Gasteiger partial charge in [-0.3, -0.25) is 9.69 Å². The molecule has 0 bridgehead atoms. The number of hydrogen-bond donors (Lipinski definition) is 1. The Bertz CT molecular complexity index is 1020. The summed E-state index contributed by atoms with van der Waals surface area (Å²) in [5.41, 5.74) is 3.56. The fourth-order valence-electron chi connectivity index (χ4n) is 4.02. The number of amides is 1. The molecule has 29 heavy (non-hydrogen) atoms. The van der Waals surface area contributed by atoms with Crippen molar-refractivity contribution in [3.8, 4) is 5.75 Å². The molecule has 0 spiro atoms. The zero-order valence-corrected chi connectivity index (χ0v) is 16.9. The van der Waals surface area contributed by atoms with Crippen molar-refractivity contribution in [3.63, 3.8) is 0 Å². The third kappa shape index (κ3) is 4.12. The van der Waals surface area contributed by atoms with Crippen molar-refractivity contribution in [3.05, 3.63) is 65.1 Å². The molecule has 1 N–H and O–H groups in total. The predicted molar refractivity (Wildman–Crippen MR) is 112 cm³/mol. The van der Waals surface area contributed by atoms with Gasteiger partial charge in [-0.25, -0.2) is 4.39 Å². The number of ether oxygens (including phenoxy) is 1. The minimum Gasteiger partial charge on any atom is -0.497 e. The van der Waals surface area contributed by atoms with Gasteiger partial charge in [0.1, 0.15) is 11.6 Å². The van der Waals surface area contributed by atoms with Gasteiger partial charge in [-0.15, -0.1) is 0 Å². The Kier molecular flexibility index (Phi) is 5.53. The highest BCUT2D eigenvalue weighted by atomic mass is 19.1. The number of nitrogens with zero attached hydrogens (tertiary/aromatic N) is 2. The smallest absolute Gasteiger partial charge is 0.256 e. The number of aryl methyl sites for hydroxylation is 1. The van der Waals surface area contributed by atoms with Crippen LogP contribution in [0.4, 0.5) is 4.39 Å². The molecule has 1 aromatic heterocycles. The van der Waals surface area contributed by atoms with Crippen molar-refractivity contribution in [2.24, 2.45) is 0 Å². The maximum atomic E-state index is 13.3. The van der Waals surface area contributed by atoms with E-state index in [0.717, 1.165) is 59.5 Å². The molecule has 0 atom stereocenters. The molecule has 1 saturated heterocycles. The third-order valence-corrected chi connectivity index (χ3v) is 5.67. The summed E-state index contributed by atoms with van der Waals surface area (Å²) in [7, 11) is 1.63. The Balaban J connectivity index is 1.40. The largest absolute Gasteiger partial charge is 0.497 e. The van der Waals surface area contributed by atoms with Crippen LogP contribution in [0.5, 0.6) is 5.75 Å². The van der Waals surface area contributed by atoms with Gasteiger partial charge < -0.3 is 14.6 Å². The lowest BCUT2D eigenvalue weighted by Gasteiger charge is -2.34. The van der Waals surface area contributed by atoms with Crippen molar-refractivity contribution < 1.29 is 13.9 Å². The van der Waals surface area contributed by atoms with Gasteiger partial charge in [0.05, 0.1) is 12.7 Å². The first-order valence-electron chi connectivity index (χ1n) is 9.97. The number of methoxy groups -OCH3 is 1. The summed E-state index contributed by atoms with van der Waals surface area (Å²) in [6.45, 7) is 5.84. The molecule has 0 radical (unpaired) electrons. The summed E-state index contributed by atoms with van der Waals surface area (Å²) in [4.78, 5) is 20.8. The zero-order chi connectivity index (χ0) is 20.4. The number of benzene rings is 2. The number of H-pyrrole nitrogens is 1. The van der Waals surface area contributed by atoms with Crippen molar-refractivity contribution in [1.82, 2.24) is 14.8 Å². The van der Waals surface area contributed by atoms with E-state index in [1.165, 1.54) is 6.07 Å². The van der Waals surface area contributed by atoms with Gasteiger partial charge in [-0.05, 0) is 49.2 Å². The van der Waals surface area contributed by atoms with Crippen LogP contribution < -0.4 is 4.74 Å². The molecule has 1 aliphatic rings. The second-order valence-corrected chi connectivity index (χ2v) is 7.55. The van der Waals surface area contributed by atoms with Gasteiger partial charge in [0, 0.05) is 49.3 Å². The van der Waals surface area contributed by atoms with E-state index in [1.54, 1.807) is 19.2 Å². The molecular formula is C23H26FN3O2. The first kappa shape index (κ1) is 19.5. The second kappa shape index (κ2) is 8.25. The molecule has 0 saturated carbocycles. The number of aromatic amines is 1. The van der Waals surface area contributed by atoms with Gasteiger partial charge in [0.25, 0.3) is 5.91 Å². The van der Waals surface area contributed by atoms with Gasteiger partial charge >= 0.3 is 0 Å². The molecule has 2 aromatic carbocycles. The van der Waals surface area contributed by atoms with Crippen LogP contribution in [-0.4, -0.2) is 60.5 Å². The first-order valence-corrected chi connectivity index (χ1v) is 9.97. The first-order chi connectivity index (χ1) is 14.0. The van der Waals surface area contributed by atoms with Crippen LogP contribution >= 0.6 is 0 Å². The highest BCUT2D eigenvalue weighted by Crippen LogP contribution is 2.27. The number of piperazine rings is 1. The molecule has 2 heterocycles. The molecule has 6 heteroatoms. The Morgan fingerprint density at radius 2 is 1.93 bits per heavy atom. The molecule has 152 valence electrons. The Morgan fingerprint density at radius 1 is 1.14 bits per heavy atom. The van der Waals surface area contributed by atoms with Crippen molar-refractivity contribution >= 4 is 16.8 Å². The standard InChI is InChI=1S/C23H26FN3O2/c1-16-22(20-15-19(29-2)6-7-21(20)25-16)23(28)27-12-10-26(11-13-27)9-8-17-4-3-5-18(24)14-17/h3-7,14-15,25H,8-13H2,1-2H3. The predicted octanol–water partition coefficient (Wildman–Crippen LogP) is 3.62. The summed E-state index contributed by atoms with van der Waals surface area (Å²) in [6.07, 6.45) is 0.813. The van der Waals surface area contributed by atoms with Gasteiger partial charge in [-0.2, -0.15) is 0 Å². The number of fused-ring (bicyclic) bond motifs is 1. The van der Waals surface area contributed by atoms with Crippen LogP contribution in [0.1, 0.15) is 21.6 Å². The van der Waals surface area contributed by atoms with Crippen LogP contribution in [0.15, 0.2) is 42.5 Å². The average molecular weight is 395 g/mol. The van der Waals surface area contributed by atoms with Crippen LogP contribution in [0.2, 0.25) is 0 Å². The summed E-state index contributed by atoms with van der Waals surface area (Å²) in [5.74, 6) is 0.614. The summed E-state index contributed by atoms with van der Waals surface area (Å²) < 4.78 is 18.7. The van der Waals surface area contributed by atoms with E-state index in [2.05, 4.69) is 9.88 Å². The van der Waals surface area contributed by atoms with Crippen LogP contribution in [0, 0.1) is 12.7 Å². The molecule has 3 aromatic rings. The maximum absolute atomic E-state index is 13.3. The number of aromatic nitrogens is 1. The Morgan fingerprint density at radius 3 is 2.66 bits per heavy atom. The SMILES string of the molecule is COc1ccc2[nH]c(C)c(C(=O)N3CCN(CCc4cccc(F)c4)CC3)c2c1. The maximum Gasteiger partial charge on any atom is 0.256 e. The molecule has 1 fully saturated rings. The molecule has 1 aliphatic heterocycles. The quantitative estimate of drug-likeness (QED) is 0.718. The van der Waals surface area contributed by atoms with Crippen molar-refractivity contribution in [2.45, 2.75) is 13.3 Å². The Labute approximate surface area is 170 Å². The average Bonchev–Trinajstić information content (AvgIpc) is 3.07. The zero-order valence-electron chi connectivity index (χ0n) is 16.9. The highest BCUT2D eigenvalue weighted by Gasteiger charge is 2.25. The van der Waals surface area contributed by atoms with E-state index >= 15 is 0 Å². The van der Waals surface area contributed by atoms with Gasteiger partial charge in [-0.1, -0.05) is 12.1 Å². The summed E-state index contributed by atoms with van der Waals surface area (Å²) in [5, 5.41) is 0.903. The summed E-state index contributed by atoms with van der Waals surface area (Å²) >= 11 is 0. The highest BCUT2D eigenvalue weighted by molar-refractivity contribution is 6.08. The van der Waals surface area contributed by atoms with Crippen molar-refractivity contribution in [2.75, 3.05) is 39.8 Å². The number of carbonyl (C=O) groups excluding carboxylic acids is 1. The van der Waals surface area contributed by atoms with Crippen LogP contribution in [0.3, 0.4) is 0 Å². The lowest BCUT2D eigenvalue weighted by molar-refractivity contribution is 0.0640. The monoisotopic (exact) mass is 395 g/mol. The van der Waals surface area contributed by atoms with E-state index in [1.807, 2.05) is 36.1 Å². The van der Waals surface area contributed by atoms with E-state index in [4.69, 9.17) is 4.74 Å². The van der Waals surface area contributed by atoms with E-state index in [0.29, 0.717) is 13.1 Å². The minimum atomic E-state index is -0.191. The normalized spacial score (nSPS) is 15.1. The van der Waals surface area contributed by atoms with Crippen molar-refractivity contribution in [1.29, 1.82) is 0 Å². The Hall–Kier alpha value is -2.86. The summed E-state index contributed by atoms with van der Waals surface area (Å²) in [6, 6.07) is 12.5. The van der Waals surface area contributed by atoms with Gasteiger partial charge in [0.2, 0.25) is 0 Å². The molecule has 1 amide bonds. The number of halogens is 1. The van der Waals surface area contributed by atoms with E-state index < -0.39 is 0 Å². The van der Waals surface area contributed by atoms with Gasteiger partial charge in [0.15, 0.2) is 0 Å². The molecule has 0 unspecified atom stereocenters. The lowest BCUT2D eigenvalue weighted by atomic mass is 10.1. The number of rotatable bonds is 5.